The van der Waals surface area contributed by atoms with E-state index in [1.807, 2.05) is 0 Å². The number of aromatic nitrogens is 1. The molecule has 1 aliphatic heterocycles. The van der Waals surface area contributed by atoms with Gasteiger partial charge in [0.05, 0.1) is 0 Å². The van der Waals surface area contributed by atoms with Gasteiger partial charge in [-0.3, -0.25) is 4.98 Å². The number of pyridine rings is 1. The number of fused-ring (bicyclic) bond motifs is 1. The number of nitrogens with one attached hydrogen (secondary N) is 1. The molecule has 1 unspecified atom stereocenters. The standard InChI is InChI=1S/C15H24N2/c1-10(2)13-8-16-6-5-12-7-17-9-14(11(3)4)15(12)13/h7,9-11,13,16H,5-6,8H2,1-4H3. The van der Waals surface area contributed by atoms with Gasteiger partial charge in [0.2, 0.25) is 0 Å². The highest BCUT2D eigenvalue weighted by atomic mass is 14.9. The maximum Gasteiger partial charge on any atom is 0.0305 e. The fourth-order valence-corrected chi connectivity index (χ4v) is 2.80. The van der Waals surface area contributed by atoms with Crippen LogP contribution in [0.3, 0.4) is 0 Å². The van der Waals surface area contributed by atoms with Crippen molar-refractivity contribution in [2.24, 2.45) is 5.92 Å². The molecule has 0 bridgehead atoms. The zero-order valence-electron chi connectivity index (χ0n) is 11.5. The summed E-state index contributed by atoms with van der Waals surface area (Å²) in [6.45, 7) is 11.4. The number of hydrogen-bond acceptors (Lipinski definition) is 2. The van der Waals surface area contributed by atoms with Gasteiger partial charge in [0.15, 0.2) is 0 Å². The molecule has 0 aromatic carbocycles. The van der Waals surface area contributed by atoms with Crippen LogP contribution in [-0.4, -0.2) is 18.1 Å². The first-order chi connectivity index (χ1) is 8.11. The van der Waals surface area contributed by atoms with Gasteiger partial charge in [0, 0.05) is 18.9 Å². The van der Waals surface area contributed by atoms with Gasteiger partial charge in [-0.2, -0.15) is 0 Å². The molecule has 2 nitrogen and oxygen atoms in total. The van der Waals surface area contributed by atoms with Gasteiger partial charge >= 0.3 is 0 Å². The molecule has 0 amide bonds. The van der Waals surface area contributed by atoms with Crippen LogP contribution < -0.4 is 5.32 Å². The molecular weight excluding hydrogens is 208 g/mol. The molecule has 2 rings (SSSR count). The van der Waals surface area contributed by atoms with E-state index < -0.39 is 0 Å². The second-order valence-electron chi connectivity index (χ2n) is 5.76. The van der Waals surface area contributed by atoms with E-state index >= 15 is 0 Å². The molecule has 1 N–H and O–H groups in total. The quantitative estimate of drug-likeness (QED) is 0.847. The van der Waals surface area contributed by atoms with Gasteiger partial charge in [-0.1, -0.05) is 27.7 Å². The van der Waals surface area contributed by atoms with Gasteiger partial charge in [-0.05, 0) is 47.4 Å². The lowest BCUT2D eigenvalue weighted by Gasteiger charge is -2.25. The first kappa shape index (κ1) is 12.6. The van der Waals surface area contributed by atoms with Crippen LogP contribution in [0, 0.1) is 5.92 Å². The SMILES string of the molecule is CC(C)c1cncc2c1C(C(C)C)CNCC2. The number of nitrogens with zero attached hydrogens (tertiary/aromatic N) is 1. The highest BCUT2D eigenvalue weighted by Gasteiger charge is 2.25. The Balaban J connectivity index is 2.52. The number of rotatable bonds is 2. The van der Waals surface area contributed by atoms with E-state index in [1.165, 1.54) is 11.1 Å². The Morgan fingerprint density at radius 1 is 1.24 bits per heavy atom. The third-order valence-electron chi connectivity index (χ3n) is 3.83. The van der Waals surface area contributed by atoms with E-state index in [2.05, 4.69) is 50.4 Å². The normalized spacial score (nSPS) is 20.5. The molecule has 0 radical (unpaired) electrons. The fraction of sp³-hybridized carbons (Fsp3) is 0.667. The maximum absolute atomic E-state index is 4.43. The summed E-state index contributed by atoms with van der Waals surface area (Å²) in [7, 11) is 0. The Morgan fingerprint density at radius 2 is 2.00 bits per heavy atom. The highest BCUT2D eigenvalue weighted by molar-refractivity contribution is 5.38. The molecule has 2 heteroatoms. The smallest absolute Gasteiger partial charge is 0.0305 e. The Morgan fingerprint density at radius 3 is 2.65 bits per heavy atom. The van der Waals surface area contributed by atoms with Crippen LogP contribution in [0.25, 0.3) is 0 Å². The van der Waals surface area contributed by atoms with Gasteiger partial charge in [-0.25, -0.2) is 0 Å². The van der Waals surface area contributed by atoms with Crippen molar-refractivity contribution in [2.45, 2.75) is 46.0 Å². The van der Waals surface area contributed by atoms with Crippen molar-refractivity contribution in [3.05, 3.63) is 29.1 Å². The van der Waals surface area contributed by atoms with Crippen LogP contribution in [0.15, 0.2) is 12.4 Å². The molecular formula is C15H24N2. The van der Waals surface area contributed by atoms with Crippen LogP contribution in [0.2, 0.25) is 0 Å². The molecule has 2 heterocycles. The summed E-state index contributed by atoms with van der Waals surface area (Å²) < 4.78 is 0. The molecule has 1 aromatic rings. The lowest BCUT2D eigenvalue weighted by atomic mass is 9.81. The van der Waals surface area contributed by atoms with Crippen molar-refractivity contribution in [1.82, 2.24) is 10.3 Å². The molecule has 0 aliphatic carbocycles. The summed E-state index contributed by atoms with van der Waals surface area (Å²) >= 11 is 0. The molecule has 1 aliphatic rings. The zero-order chi connectivity index (χ0) is 12.4. The van der Waals surface area contributed by atoms with Gasteiger partial charge in [0.25, 0.3) is 0 Å². The minimum absolute atomic E-state index is 0.566. The summed E-state index contributed by atoms with van der Waals surface area (Å²) in [5.74, 6) is 1.88. The third kappa shape index (κ3) is 2.52. The average molecular weight is 232 g/mol. The number of hydrogen-bond donors (Lipinski definition) is 1. The molecule has 1 atom stereocenters. The largest absolute Gasteiger partial charge is 0.316 e. The van der Waals surface area contributed by atoms with Gasteiger partial charge in [-0.15, -0.1) is 0 Å². The molecule has 0 fully saturated rings. The lowest BCUT2D eigenvalue weighted by molar-refractivity contribution is 0.470. The first-order valence-corrected chi connectivity index (χ1v) is 6.78. The van der Waals surface area contributed by atoms with Crippen molar-refractivity contribution >= 4 is 0 Å². The predicted molar refractivity (Wildman–Crippen MR) is 72.5 cm³/mol. The fourth-order valence-electron chi connectivity index (χ4n) is 2.80. The van der Waals surface area contributed by atoms with E-state index in [0.717, 1.165) is 19.5 Å². The topological polar surface area (TPSA) is 24.9 Å². The second kappa shape index (κ2) is 5.18. The van der Waals surface area contributed by atoms with Gasteiger partial charge < -0.3 is 5.32 Å². The summed E-state index contributed by atoms with van der Waals surface area (Å²) in [5.41, 5.74) is 4.49. The van der Waals surface area contributed by atoms with Crippen LogP contribution >= 0.6 is 0 Å². The average Bonchev–Trinajstić information content (AvgIpc) is 2.50. The molecule has 1 aromatic heterocycles. The minimum Gasteiger partial charge on any atom is -0.316 e. The maximum atomic E-state index is 4.43. The van der Waals surface area contributed by atoms with Crippen molar-refractivity contribution < 1.29 is 0 Å². The lowest BCUT2D eigenvalue weighted by Crippen LogP contribution is -2.23. The Labute approximate surface area is 105 Å². The van der Waals surface area contributed by atoms with Gasteiger partial charge in [0.1, 0.15) is 0 Å². The molecule has 0 saturated heterocycles. The van der Waals surface area contributed by atoms with E-state index in [1.54, 1.807) is 5.56 Å². The predicted octanol–water partition coefficient (Wildman–Crippen LogP) is 3.09. The van der Waals surface area contributed by atoms with Crippen LogP contribution in [0.5, 0.6) is 0 Å². The van der Waals surface area contributed by atoms with Crippen LogP contribution in [0.4, 0.5) is 0 Å². The van der Waals surface area contributed by atoms with Crippen molar-refractivity contribution in [3.8, 4) is 0 Å². The van der Waals surface area contributed by atoms with Crippen molar-refractivity contribution in [1.29, 1.82) is 0 Å². The summed E-state index contributed by atoms with van der Waals surface area (Å²) in [6, 6.07) is 0. The summed E-state index contributed by atoms with van der Waals surface area (Å²) in [4.78, 5) is 4.43. The third-order valence-corrected chi connectivity index (χ3v) is 3.83. The summed E-state index contributed by atoms with van der Waals surface area (Å²) in [6.07, 6.45) is 5.26. The van der Waals surface area contributed by atoms with E-state index in [-0.39, 0.29) is 0 Å². The van der Waals surface area contributed by atoms with E-state index in [9.17, 15) is 0 Å². The van der Waals surface area contributed by atoms with E-state index in [4.69, 9.17) is 0 Å². The van der Waals surface area contributed by atoms with Crippen LogP contribution in [0.1, 0.15) is 56.2 Å². The van der Waals surface area contributed by atoms with E-state index in [0.29, 0.717) is 17.8 Å². The van der Waals surface area contributed by atoms with Crippen LogP contribution in [-0.2, 0) is 6.42 Å². The second-order valence-corrected chi connectivity index (χ2v) is 5.76. The molecule has 0 saturated carbocycles. The molecule has 0 spiro atoms. The zero-order valence-corrected chi connectivity index (χ0v) is 11.5. The summed E-state index contributed by atoms with van der Waals surface area (Å²) in [5, 5.41) is 3.56. The molecule has 94 valence electrons. The molecule has 17 heavy (non-hydrogen) atoms. The van der Waals surface area contributed by atoms with Crippen molar-refractivity contribution in [2.75, 3.05) is 13.1 Å². The van der Waals surface area contributed by atoms with Crippen molar-refractivity contribution in [3.63, 3.8) is 0 Å². The Bertz CT molecular complexity index is 383. The minimum atomic E-state index is 0.566. The Kier molecular flexibility index (Phi) is 3.82. The highest BCUT2D eigenvalue weighted by Crippen LogP contribution is 2.34. The monoisotopic (exact) mass is 232 g/mol. The Hall–Kier alpha value is -0.890. The first-order valence-electron chi connectivity index (χ1n) is 6.78.